The van der Waals surface area contributed by atoms with E-state index < -0.39 is 0 Å². The van der Waals surface area contributed by atoms with Crippen LogP contribution in [0.25, 0.3) is 10.9 Å². The van der Waals surface area contributed by atoms with Gasteiger partial charge in [0.2, 0.25) is 0 Å². The van der Waals surface area contributed by atoms with Crippen LogP contribution < -0.4 is 10.9 Å². The molecular formula is C15H18N4O2S. The van der Waals surface area contributed by atoms with Gasteiger partial charge in [0.1, 0.15) is 0 Å². The number of benzene rings is 1. The summed E-state index contributed by atoms with van der Waals surface area (Å²) < 4.78 is 0. The molecular weight excluding hydrogens is 300 g/mol. The molecule has 1 aliphatic rings. The zero-order valence-electron chi connectivity index (χ0n) is 12.3. The predicted molar refractivity (Wildman–Crippen MR) is 89.5 cm³/mol. The van der Waals surface area contributed by atoms with Crippen LogP contribution in [0, 0.1) is 0 Å². The van der Waals surface area contributed by atoms with Crippen molar-refractivity contribution in [3.8, 4) is 0 Å². The zero-order chi connectivity index (χ0) is 15.5. The van der Waals surface area contributed by atoms with Gasteiger partial charge in [0, 0.05) is 29.8 Å². The maximum atomic E-state index is 12.4. The van der Waals surface area contributed by atoms with Gasteiger partial charge in [-0.1, -0.05) is 6.92 Å². The second-order valence-corrected chi connectivity index (χ2v) is 6.90. The van der Waals surface area contributed by atoms with E-state index in [0.29, 0.717) is 21.8 Å². The molecule has 2 aromatic rings. The Balaban J connectivity index is 1.76. The molecule has 3 rings (SSSR count). The molecule has 22 heavy (non-hydrogen) atoms. The first-order valence-electron chi connectivity index (χ1n) is 7.28. The highest BCUT2D eigenvalue weighted by Crippen LogP contribution is 2.20. The lowest BCUT2D eigenvalue weighted by Crippen LogP contribution is -2.36. The van der Waals surface area contributed by atoms with Gasteiger partial charge in [-0.05, 0) is 24.6 Å². The third-order valence-corrected chi connectivity index (χ3v) is 4.97. The summed E-state index contributed by atoms with van der Waals surface area (Å²) in [6.45, 7) is 3.70. The summed E-state index contributed by atoms with van der Waals surface area (Å²) in [5.41, 5.74) is 1.02. The molecule has 2 amide bonds. The van der Waals surface area contributed by atoms with Crippen LogP contribution >= 0.6 is 11.8 Å². The maximum Gasteiger partial charge on any atom is 0.321 e. The molecule has 2 N–H and O–H groups in total. The first-order valence-corrected chi connectivity index (χ1v) is 8.33. The van der Waals surface area contributed by atoms with Crippen LogP contribution in [0.5, 0.6) is 0 Å². The van der Waals surface area contributed by atoms with E-state index in [-0.39, 0.29) is 11.6 Å². The zero-order valence-corrected chi connectivity index (χ0v) is 13.2. The minimum Gasteiger partial charge on any atom is -0.324 e. The van der Waals surface area contributed by atoms with Crippen molar-refractivity contribution in [2.24, 2.45) is 0 Å². The number of aromatic amines is 1. The Kier molecular flexibility index (Phi) is 4.33. The second kappa shape index (κ2) is 6.39. The van der Waals surface area contributed by atoms with Gasteiger partial charge in [0.25, 0.3) is 5.56 Å². The molecule has 1 aliphatic heterocycles. The highest BCUT2D eigenvalue weighted by atomic mass is 32.2. The molecule has 1 fully saturated rings. The van der Waals surface area contributed by atoms with Crippen LogP contribution in [0.15, 0.2) is 29.3 Å². The van der Waals surface area contributed by atoms with Crippen molar-refractivity contribution in [2.45, 2.75) is 18.6 Å². The predicted octanol–water partition coefficient (Wildman–Crippen LogP) is 2.28. The number of hydrogen-bond acceptors (Lipinski definition) is 4. The quantitative estimate of drug-likeness (QED) is 0.845. The molecule has 6 nitrogen and oxygen atoms in total. The lowest BCUT2D eigenvalue weighted by molar-refractivity contribution is 0.215. The molecule has 7 heteroatoms. The Hall–Kier alpha value is -2.02. The molecule has 2 heterocycles. The summed E-state index contributed by atoms with van der Waals surface area (Å²) in [7, 11) is 0. The summed E-state index contributed by atoms with van der Waals surface area (Å²) in [5.74, 6) is 0.954. The van der Waals surface area contributed by atoms with Crippen molar-refractivity contribution in [3.05, 3.63) is 34.9 Å². The van der Waals surface area contributed by atoms with Crippen LogP contribution in [0.1, 0.15) is 13.3 Å². The van der Waals surface area contributed by atoms with Gasteiger partial charge >= 0.3 is 6.03 Å². The van der Waals surface area contributed by atoms with Gasteiger partial charge in [0.05, 0.1) is 17.2 Å². The topological polar surface area (TPSA) is 78.1 Å². The van der Waals surface area contributed by atoms with Crippen molar-refractivity contribution in [3.63, 3.8) is 0 Å². The first kappa shape index (κ1) is 14.9. The number of H-pyrrole nitrogens is 1. The number of fused-ring (bicyclic) bond motifs is 1. The summed E-state index contributed by atoms with van der Waals surface area (Å²) >= 11 is 1.89. The minimum absolute atomic E-state index is 0.116. The lowest BCUT2D eigenvalue weighted by Gasteiger charge is -2.20. The molecule has 1 unspecified atom stereocenters. The van der Waals surface area contributed by atoms with Crippen molar-refractivity contribution in [1.82, 2.24) is 14.9 Å². The van der Waals surface area contributed by atoms with Crippen molar-refractivity contribution < 1.29 is 4.79 Å². The van der Waals surface area contributed by atoms with E-state index in [4.69, 9.17) is 0 Å². The number of urea groups is 1. The van der Waals surface area contributed by atoms with Gasteiger partial charge in [-0.2, -0.15) is 11.8 Å². The number of aromatic nitrogens is 2. The highest BCUT2D eigenvalue weighted by molar-refractivity contribution is 7.99. The Bertz CT molecular complexity index is 746. The van der Waals surface area contributed by atoms with Crippen LogP contribution in [0.4, 0.5) is 10.5 Å². The van der Waals surface area contributed by atoms with Gasteiger partial charge in [-0.25, -0.2) is 9.78 Å². The molecule has 1 atom stereocenters. The fourth-order valence-corrected chi connectivity index (χ4v) is 3.45. The molecule has 0 saturated carbocycles. The van der Waals surface area contributed by atoms with E-state index in [2.05, 4.69) is 22.2 Å². The third-order valence-electron chi connectivity index (χ3n) is 3.75. The lowest BCUT2D eigenvalue weighted by atomic mass is 10.2. The third kappa shape index (κ3) is 3.24. The van der Waals surface area contributed by atoms with Gasteiger partial charge in [-0.15, -0.1) is 0 Å². The Morgan fingerprint density at radius 1 is 1.45 bits per heavy atom. The van der Waals surface area contributed by atoms with E-state index in [1.165, 1.54) is 6.33 Å². The van der Waals surface area contributed by atoms with E-state index in [1.807, 2.05) is 16.7 Å². The molecule has 1 aromatic carbocycles. The van der Waals surface area contributed by atoms with Crippen LogP contribution in [-0.2, 0) is 0 Å². The van der Waals surface area contributed by atoms with Crippen LogP contribution in [-0.4, -0.2) is 45.0 Å². The van der Waals surface area contributed by atoms with E-state index in [0.717, 1.165) is 25.3 Å². The molecule has 0 aliphatic carbocycles. The van der Waals surface area contributed by atoms with Gasteiger partial charge in [-0.3, -0.25) is 4.79 Å². The number of thioether (sulfide) groups is 1. The Morgan fingerprint density at radius 3 is 3.18 bits per heavy atom. The molecule has 0 spiro atoms. The van der Waals surface area contributed by atoms with Gasteiger partial charge < -0.3 is 15.2 Å². The van der Waals surface area contributed by atoms with Crippen molar-refractivity contribution >= 4 is 34.4 Å². The fourth-order valence-electron chi connectivity index (χ4n) is 2.45. The number of anilines is 1. The largest absolute Gasteiger partial charge is 0.324 e. The average molecular weight is 318 g/mol. The SMILES string of the molecule is CC1CCN(C(=O)Nc2ccc3nc[nH]c(=O)c3c2)CCS1. The number of nitrogens with zero attached hydrogens (tertiary/aromatic N) is 2. The monoisotopic (exact) mass is 318 g/mol. The summed E-state index contributed by atoms with van der Waals surface area (Å²) in [5, 5.41) is 3.93. The number of amides is 2. The van der Waals surface area contributed by atoms with E-state index >= 15 is 0 Å². The second-order valence-electron chi connectivity index (χ2n) is 5.35. The first-order chi connectivity index (χ1) is 10.6. The Morgan fingerprint density at radius 2 is 2.32 bits per heavy atom. The molecule has 0 radical (unpaired) electrons. The minimum atomic E-state index is -0.207. The van der Waals surface area contributed by atoms with Crippen LogP contribution in [0.2, 0.25) is 0 Å². The highest BCUT2D eigenvalue weighted by Gasteiger charge is 2.18. The number of hydrogen-bond donors (Lipinski definition) is 2. The van der Waals surface area contributed by atoms with Gasteiger partial charge in [0.15, 0.2) is 0 Å². The summed E-state index contributed by atoms with van der Waals surface area (Å²) in [6.07, 6.45) is 2.37. The number of rotatable bonds is 1. The number of carbonyl (C=O) groups excluding carboxylic acids is 1. The summed E-state index contributed by atoms with van der Waals surface area (Å²) in [6, 6.07) is 5.05. The average Bonchev–Trinajstić information content (AvgIpc) is 2.73. The normalized spacial score (nSPS) is 19.0. The number of carbonyl (C=O) groups is 1. The van der Waals surface area contributed by atoms with Crippen LogP contribution in [0.3, 0.4) is 0 Å². The molecule has 1 aromatic heterocycles. The van der Waals surface area contributed by atoms with Crippen molar-refractivity contribution in [1.29, 1.82) is 0 Å². The van der Waals surface area contributed by atoms with E-state index in [9.17, 15) is 9.59 Å². The molecule has 116 valence electrons. The molecule has 1 saturated heterocycles. The van der Waals surface area contributed by atoms with Crippen molar-refractivity contribution in [2.75, 3.05) is 24.2 Å². The maximum absolute atomic E-state index is 12.4. The van der Waals surface area contributed by atoms with E-state index in [1.54, 1.807) is 18.2 Å². The summed E-state index contributed by atoms with van der Waals surface area (Å²) in [4.78, 5) is 32.6. The number of nitrogens with one attached hydrogen (secondary N) is 2. The smallest absolute Gasteiger partial charge is 0.321 e. The fraction of sp³-hybridized carbons (Fsp3) is 0.400. The standard InChI is InChI=1S/C15H18N4O2S/c1-10-4-5-19(6-7-22-10)15(21)18-11-2-3-13-12(8-11)14(20)17-9-16-13/h2-3,8-10H,4-7H2,1H3,(H,18,21)(H,16,17,20). The molecule has 0 bridgehead atoms. The Labute approximate surface area is 132 Å².